The fraction of sp³-hybridized carbons (Fsp3) is 0.452. The Morgan fingerprint density at radius 3 is 2.47 bits per heavy atom. The largest absolute Gasteiger partial charge is 0.393 e. The van der Waals surface area contributed by atoms with Crippen molar-refractivity contribution in [3.05, 3.63) is 71.4 Å². The average Bonchev–Trinajstić information content (AvgIpc) is 3.65. The number of benzene rings is 2. The summed E-state index contributed by atoms with van der Waals surface area (Å²) in [5.41, 5.74) is 4.51. The molecule has 38 heavy (non-hydrogen) atoms. The van der Waals surface area contributed by atoms with Gasteiger partial charge in [-0.25, -0.2) is 9.37 Å². The first-order chi connectivity index (χ1) is 18.5. The van der Waals surface area contributed by atoms with E-state index in [1.165, 1.54) is 24.5 Å². The molecule has 2 aromatic heterocycles. The molecule has 0 aliphatic heterocycles. The van der Waals surface area contributed by atoms with Crippen molar-refractivity contribution < 1.29 is 14.3 Å². The average molecular weight is 513 g/mol. The lowest BCUT2D eigenvalue weighted by atomic mass is 9.72. The van der Waals surface area contributed by atoms with Crippen molar-refractivity contribution in [1.82, 2.24) is 20.3 Å². The Morgan fingerprint density at radius 1 is 0.974 bits per heavy atom. The molecule has 7 heteroatoms. The van der Waals surface area contributed by atoms with Gasteiger partial charge in [-0.3, -0.25) is 9.78 Å². The molecular formula is C31H33FN4O2. The number of aliphatic hydroxyl groups excluding tert-OH is 1. The smallest absolute Gasteiger partial charge is 0.251 e. The number of aliphatic hydroxyl groups is 1. The van der Waals surface area contributed by atoms with Gasteiger partial charge in [0.25, 0.3) is 5.91 Å². The first-order valence-electron chi connectivity index (χ1n) is 14.0. The second-order valence-electron chi connectivity index (χ2n) is 11.7. The van der Waals surface area contributed by atoms with Crippen LogP contribution in [0, 0.1) is 17.7 Å². The van der Waals surface area contributed by atoms with Gasteiger partial charge in [0.05, 0.1) is 22.7 Å². The van der Waals surface area contributed by atoms with E-state index in [1.54, 1.807) is 12.1 Å². The fourth-order valence-electron chi connectivity index (χ4n) is 6.87. The van der Waals surface area contributed by atoms with Gasteiger partial charge >= 0.3 is 0 Å². The number of aromatic nitrogens is 3. The molecule has 3 aliphatic carbocycles. The van der Waals surface area contributed by atoms with E-state index in [1.807, 2.05) is 24.4 Å². The Hall–Kier alpha value is -3.32. The third kappa shape index (κ3) is 4.47. The van der Waals surface area contributed by atoms with Crippen LogP contribution < -0.4 is 5.32 Å². The normalized spacial score (nSPS) is 26.3. The number of H-pyrrole nitrogens is 1. The highest BCUT2D eigenvalue weighted by Crippen LogP contribution is 2.52. The maximum Gasteiger partial charge on any atom is 0.251 e. The molecule has 4 aromatic rings. The van der Waals surface area contributed by atoms with E-state index in [-0.39, 0.29) is 23.9 Å². The quantitative estimate of drug-likeness (QED) is 0.297. The van der Waals surface area contributed by atoms with Gasteiger partial charge in [-0.05, 0) is 117 Å². The molecule has 3 aliphatic rings. The first kappa shape index (κ1) is 23.8. The summed E-state index contributed by atoms with van der Waals surface area (Å²) >= 11 is 0. The van der Waals surface area contributed by atoms with Gasteiger partial charge in [0.1, 0.15) is 11.6 Å². The molecule has 3 N–H and O–H groups in total. The van der Waals surface area contributed by atoms with E-state index in [2.05, 4.69) is 21.4 Å². The van der Waals surface area contributed by atoms with Gasteiger partial charge in [0, 0.05) is 29.1 Å². The third-order valence-corrected chi connectivity index (χ3v) is 9.11. The predicted molar refractivity (Wildman–Crippen MR) is 144 cm³/mol. The van der Waals surface area contributed by atoms with E-state index in [9.17, 15) is 14.3 Å². The molecule has 6 nitrogen and oxygen atoms in total. The summed E-state index contributed by atoms with van der Waals surface area (Å²) < 4.78 is 14.0. The molecule has 3 saturated carbocycles. The van der Waals surface area contributed by atoms with Crippen LogP contribution in [-0.2, 0) is 0 Å². The number of hydrogen-bond acceptors (Lipinski definition) is 4. The number of nitrogens with one attached hydrogen (secondary N) is 2. The lowest BCUT2D eigenvalue weighted by molar-refractivity contribution is 0.0562. The summed E-state index contributed by atoms with van der Waals surface area (Å²) in [5.74, 6) is 2.81. The Balaban J connectivity index is 1.08. The van der Waals surface area contributed by atoms with Crippen molar-refractivity contribution in [2.24, 2.45) is 11.8 Å². The van der Waals surface area contributed by atoms with E-state index >= 15 is 0 Å². The maximum absolute atomic E-state index is 14.0. The summed E-state index contributed by atoms with van der Waals surface area (Å²) in [6.07, 6.45) is 9.74. The van der Waals surface area contributed by atoms with Crippen LogP contribution in [0.2, 0.25) is 0 Å². The number of pyridine rings is 1. The zero-order chi connectivity index (χ0) is 25.8. The zero-order valence-corrected chi connectivity index (χ0v) is 21.4. The number of aromatic amines is 1. The van der Waals surface area contributed by atoms with E-state index in [0.29, 0.717) is 42.1 Å². The van der Waals surface area contributed by atoms with Crippen molar-refractivity contribution in [1.29, 1.82) is 0 Å². The van der Waals surface area contributed by atoms with Crippen LogP contribution in [0.5, 0.6) is 0 Å². The molecular weight excluding hydrogens is 479 g/mol. The molecule has 7 rings (SSSR count). The number of carbonyl (C=O) groups excluding carboxylic acids is 1. The monoisotopic (exact) mass is 512 g/mol. The topological polar surface area (TPSA) is 90.9 Å². The summed E-state index contributed by atoms with van der Waals surface area (Å²) in [6.45, 7) is 0. The molecule has 3 fully saturated rings. The summed E-state index contributed by atoms with van der Waals surface area (Å²) in [6, 6.07) is 12.7. The molecule has 196 valence electrons. The van der Waals surface area contributed by atoms with Gasteiger partial charge in [-0.15, -0.1) is 0 Å². The minimum absolute atomic E-state index is 0.0569. The van der Waals surface area contributed by atoms with Crippen LogP contribution in [0.1, 0.15) is 84.9 Å². The van der Waals surface area contributed by atoms with Crippen LogP contribution in [0.15, 0.2) is 48.7 Å². The number of nitrogens with zero attached hydrogens (tertiary/aromatic N) is 2. The minimum Gasteiger partial charge on any atom is -0.393 e. The molecule has 1 amide bonds. The Bertz CT molecular complexity index is 1500. The molecule has 0 saturated heterocycles. The highest BCUT2D eigenvalue weighted by atomic mass is 19.1. The number of imidazole rings is 1. The number of halogens is 1. The van der Waals surface area contributed by atoms with Crippen LogP contribution in [0.3, 0.4) is 0 Å². The SMILES string of the molecule is O=C(NC1CC(O)C1)c1ccc2[nH]c(C(C3CCC(c4ccnc5ccc(F)cc45)CC3)C3CC3)nc2c1. The molecule has 0 radical (unpaired) electrons. The van der Waals surface area contributed by atoms with Crippen LogP contribution >= 0.6 is 0 Å². The number of fused-ring (bicyclic) bond motifs is 2. The molecule has 1 unspecified atom stereocenters. The standard InChI is InChI=1S/C31H33FN4O2/c32-21-8-10-26-25(14-21)24(11-12-33-26)17-1-3-18(4-2-17)29(19-5-6-19)30-35-27-9-7-20(13-28(27)36-30)31(38)34-22-15-23(37)16-22/h7-14,17-19,22-23,29,37H,1-6,15-16H2,(H,34,38)(H,35,36). The number of rotatable bonds is 6. The van der Waals surface area contributed by atoms with Crippen LogP contribution in [0.25, 0.3) is 21.9 Å². The first-order valence-corrected chi connectivity index (χ1v) is 14.0. The highest BCUT2D eigenvalue weighted by Gasteiger charge is 2.41. The lowest BCUT2D eigenvalue weighted by Crippen LogP contribution is -2.46. The minimum atomic E-state index is -0.293. The van der Waals surface area contributed by atoms with Gasteiger partial charge < -0.3 is 15.4 Å². The fourth-order valence-corrected chi connectivity index (χ4v) is 6.87. The number of carbonyl (C=O) groups is 1. The van der Waals surface area contributed by atoms with Gasteiger partial charge in [-0.1, -0.05) is 0 Å². The maximum atomic E-state index is 14.0. The Morgan fingerprint density at radius 2 is 1.74 bits per heavy atom. The summed E-state index contributed by atoms with van der Waals surface area (Å²) in [4.78, 5) is 25.8. The second kappa shape index (κ2) is 9.45. The molecule has 2 aromatic carbocycles. The van der Waals surface area contributed by atoms with Crippen LogP contribution in [-0.4, -0.2) is 38.1 Å². The molecule has 2 heterocycles. The van der Waals surface area contributed by atoms with Crippen molar-refractivity contribution in [2.45, 2.75) is 75.3 Å². The van der Waals surface area contributed by atoms with Crippen molar-refractivity contribution in [3.8, 4) is 0 Å². The number of amides is 1. The summed E-state index contributed by atoms with van der Waals surface area (Å²) in [7, 11) is 0. The number of hydrogen-bond donors (Lipinski definition) is 3. The molecule has 1 atom stereocenters. The van der Waals surface area contributed by atoms with E-state index < -0.39 is 0 Å². The van der Waals surface area contributed by atoms with Crippen molar-refractivity contribution in [2.75, 3.05) is 0 Å². The van der Waals surface area contributed by atoms with Crippen molar-refractivity contribution in [3.63, 3.8) is 0 Å². The Kier molecular flexibility index (Phi) is 5.91. The van der Waals surface area contributed by atoms with Gasteiger partial charge in [0.2, 0.25) is 0 Å². The molecule has 0 spiro atoms. The van der Waals surface area contributed by atoms with Crippen LogP contribution in [0.4, 0.5) is 4.39 Å². The predicted octanol–water partition coefficient (Wildman–Crippen LogP) is 5.97. The van der Waals surface area contributed by atoms with Gasteiger partial charge in [0.15, 0.2) is 0 Å². The van der Waals surface area contributed by atoms with E-state index in [0.717, 1.165) is 53.4 Å². The third-order valence-electron chi connectivity index (χ3n) is 9.11. The summed E-state index contributed by atoms with van der Waals surface area (Å²) in [5, 5.41) is 13.5. The molecule has 0 bridgehead atoms. The Labute approximate surface area is 221 Å². The van der Waals surface area contributed by atoms with Gasteiger partial charge in [-0.2, -0.15) is 0 Å². The second-order valence-corrected chi connectivity index (χ2v) is 11.7. The highest BCUT2D eigenvalue weighted by molar-refractivity contribution is 5.97. The zero-order valence-electron chi connectivity index (χ0n) is 21.4. The van der Waals surface area contributed by atoms with Crippen molar-refractivity contribution >= 4 is 27.8 Å². The lowest BCUT2D eigenvalue weighted by Gasteiger charge is -2.34. The van der Waals surface area contributed by atoms with E-state index in [4.69, 9.17) is 4.98 Å².